The second-order valence-corrected chi connectivity index (χ2v) is 7.10. The molecule has 0 saturated heterocycles. The van der Waals surface area contributed by atoms with Crippen molar-refractivity contribution in [3.8, 4) is 11.3 Å². The lowest BCUT2D eigenvalue weighted by molar-refractivity contribution is 0.938. The highest BCUT2D eigenvalue weighted by molar-refractivity contribution is 7.16. The summed E-state index contributed by atoms with van der Waals surface area (Å²) in [5, 5.41) is 5.11. The molecule has 3 aromatic rings. The molecule has 0 fully saturated rings. The van der Waals surface area contributed by atoms with E-state index in [2.05, 4.69) is 54.5 Å². The van der Waals surface area contributed by atoms with E-state index in [0.717, 1.165) is 29.2 Å². The van der Waals surface area contributed by atoms with Crippen LogP contribution in [0.25, 0.3) is 11.3 Å². The molecule has 25 heavy (non-hydrogen) atoms. The number of benzene rings is 1. The maximum absolute atomic E-state index is 4.80. The van der Waals surface area contributed by atoms with E-state index in [9.17, 15) is 0 Å². The van der Waals surface area contributed by atoms with Gasteiger partial charge in [-0.05, 0) is 31.9 Å². The van der Waals surface area contributed by atoms with Gasteiger partial charge < -0.3 is 0 Å². The maximum atomic E-state index is 4.80. The number of pyridine rings is 1. The van der Waals surface area contributed by atoms with Crippen LogP contribution in [0.4, 0.5) is 5.13 Å². The monoisotopic (exact) mass is 350 g/mol. The van der Waals surface area contributed by atoms with Crippen LogP contribution in [-0.2, 0) is 6.42 Å². The Morgan fingerprint density at radius 2 is 2.12 bits per heavy atom. The first kappa shape index (κ1) is 17.3. The van der Waals surface area contributed by atoms with Crippen LogP contribution in [0.3, 0.4) is 0 Å². The lowest BCUT2D eigenvalue weighted by Crippen LogP contribution is -1.92. The molecule has 0 aliphatic heterocycles. The van der Waals surface area contributed by atoms with E-state index in [1.165, 1.54) is 21.6 Å². The van der Waals surface area contributed by atoms with Crippen molar-refractivity contribution in [2.75, 3.05) is 5.43 Å². The number of hydrogen-bond donors (Lipinski definition) is 1. The summed E-state index contributed by atoms with van der Waals surface area (Å²) in [6.45, 7) is 6.45. The molecule has 1 aromatic carbocycles. The Morgan fingerprint density at radius 3 is 2.84 bits per heavy atom. The Kier molecular flexibility index (Phi) is 5.56. The van der Waals surface area contributed by atoms with E-state index in [-0.39, 0.29) is 0 Å². The van der Waals surface area contributed by atoms with Gasteiger partial charge in [0, 0.05) is 28.4 Å². The van der Waals surface area contributed by atoms with Gasteiger partial charge in [0.05, 0.1) is 11.9 Å². The van der Waals surface area contributed by atoms with Crippen LogP contribution in [-0.4, -0.2) is 16.2 Å². The number of nitrogens with one attached hydrogen (secondary N) is 1. The Bertz CT molecular complexity index is 869. The smallest absolute Gasteiger partial charge is 0.204 e. The minimum atomic E-state index is 0.818. The Hall–Kier alpha value is -2.53. The van der Waals surface area contributed by atoms with Crippen molar-refractivity contribution in [3.63, 3.8) is 0 Å². The van der Waals surface area contributed by atoms with Crippen molar-refractivity contribution >= 4 is 22.7 Å². The first-order valence-electron chi connectivity index (χ1n) is 8.44. The van der Waals surface area contributed by atoms with E-state index in [1.807, 2.05) is 12.1 Å². The molecular formula is C20H22N4S. The van der Waals surface area contributed by atoms with Gasteiger partial charge in [-0.25, -0.2) is 4.98 Å². The first-order valence-corrected chi connectivity index (χ1v) is 9.25. The molecule has 0 saturated carbocycles. The zero-order valence-electron chi connectivity index (χ0n) is 14.8. The van der Waals surface area contributed by atoms with Crippen molar-refractivity contribution in [2.24, 2.45) is 5.10 Å². The third-order valence-electron chi connectivity index (χ3n) is 3.87. The van der Waals surface area contributed by atoms with Crippen molar-refractivity contribution in [1.29, 1.82) is 0 Å². The zero-order valence-corrected chi connectivity index (χ0v) is 15.6. The van der Waals surface area contributed by atoms with Gasteiger partial charge in [0.25, 0.3) is 0 Å². The summed E-state index contributed by atoms with van der Waals surface area (Å²) >= 11 is 1.68. The quantitative estimate of drug-likeness (QED) is 0.490. The largest absolute Gasteiger partial charge is 0.264 e. The van der Waals surface area contributed by atoms with Crippen LogP contribution in [0.15, 0.2) is 47.8 Å². The third-order valence-corrected chi connectivity index (χ3v) is 4.89. The van der Waals surface area contributed by atoms with E-state index < -0.39 is 0 Å². The SMILES string of the molecule is CCCc1sc(N/N=C\c2cccnc2)nc1-c1ccc(C)cc1C. The van der Waals surface area contributed by atoms with Gasteiger partial charge in [-0.15, -0.1) is 0 Å². The van der Waals surface area contributed by atoms with Crippen molar-refractivity contribution < 1.29 is 0 Å². The number of thiazole rings is 1. The standard InChI is InChI=1S/C20H22N4S/c1-4-6-18-19(17-9-8-14(2)11-15(17)3)23-20(25-18)24-22-13-16-7-5-10-21-12-16/h5,7-13H,4,6H2,1-3H3,(H,23,24)/b22-13-. The van der Waals surface area contributed by atoms with Gasteiger partial charge in [0.2, 0.25) is 5.13 Å². The molecule has 0 amide bonds. The highest BCUT2D eigenvalue weighted by atomic mass is 32.1. The maximum Gasteiger partial charge on any atom is 0.204 e. The average Bonchev–Trinajstić information content (AvgIpc) is 2.99. The van der Waals surface area contributed by atoms with E-state index in [4.69, 9.17) is 4.98 Å². The van der Waals surface area contributed by atoms with E-state index in [0.29, 0.717) is 0 Å². The lowest BCUT2D eigenvalue weighted by Gasteiger charge is -2.06. The first-order chi connectivity index (χ1) is 12.2. The fourth-order valence-electron chi connectivity index (χ4n) is 2.70. The summed E-state index contributed by atoms with van der Waals surface area (Å²) < 4.78 is 0. The van der Waals surface area contributed by atoms with Gasteiger partial charge in [-0.2, -0.15) is 5.10 Å². The van der Waals surface area contributed by atoms with Crippen LogP contribution in [0.5, 0.6) is 0 Å². The third kappa shape index (κ3) is 4.31. The molecule has 0 aliphatic carbocycles. The summed E-state index contributed by atoms with van der Waals surface area (Å²) in [5.74, 6) is 0. The molecule has 0 aliphatic rings. The Morgan fingerprint density at radius 1 is 1.24 bits per heavy atom. The zero-order chi connectivity index (χ0) is 17.6. The second-order valence-electron chi connectivity index (χ2n) is 6.02. The number of hydrogen-bond acceptors (Lipinski definition) is 5. The topological polar surface area (TPSA) is 50.2 Å². The molecule has 0 atom stereocenters. The van der Waals surface area contributed by atoms with E-state index >= 15 is 0 Å². The summed E-state index contributed by atoms with van der Waals surface area (Å²) in [6, 6.07) is 10.4. The number of rotatable bonds is 6. The van der Waals surface area contributed by atoms with Gasteiger partial charge in [0.1, 0.15) is 0 Å². The van der Waals surface area contributed by atoms with Crippen molar-refractivity contribution in [2.45, 2.75) is 33.6 Å². The molecule has 128 valence electrons. The van der Waals surface area contributed by atoms with Gasteiger partial charge in [-0.3, -0.25) is 10.4 Å². The molecule has 3 rings (SSSR count). The average molecular weight is 350 g/mol. The van der Waals surface area contributed by atoms with Crippen molar-refractivity contribution in [1.82, 2.24) is 9.97 Å². The minimum Gasteiger partial charge on any atom is -0.264 e. The molecular weight excluding hydrogens is 328 g/mol. The number of aromatic nitrogens is 2. The summed E-state index contributed by atoms with van der Waals surface area (Å²) in [6.07, 6.45) is 7.40. The molecule has 0 bridgehead atoms. The van der Waals surface area contributed by atoms with Crippen LogP contribution in [0.1, 0.15) is 34.9 Å². The van der Waals surface area contributed by atoms with Gasteiger partial charge in [-0.1, -0.05) is 54.5 Å². The Labute approximate surface area is 152 Å². The predicted molar refractivity (Wildman–Crippen MR) is 106 cm³/mol. The van der Waals surface area contributed by atoms with Gasteiger partial charge in [0.15, 0.2) is 0 Å². The van der Waals surface area contributed by atoms with E-state index in [1.54, 1.807) is 29.9 Å². The number of aryl methyl sites for hydroxylation is 3. The molecule has 4 nitrogen and oxygen atoms in total. The highest BCUT2D eigenvalue weighted by Crippen LogP contribution is 2.34. The predicted octanol–water partition coefficient (Wildman–Crippen LogP) is 5.22. The normalized spacial score (nSPS) is 11.2. The molecule has 2 heterocycles. The molecule has 1 N–H and O–H groups in total. The summed E-state index contributed by atoms with van der Waals surface area (Å²) in [7, 11) is 0. The Balaban J connectivity index is 1.85. The minimum absolute atomic E-state index is 0.818. The summed E-state index contributed by atoms with van der Waals surface area (Å²) in [4.78, 5) is 10.2. The fourth-order valence-corrected chi connectivity index (χ4v) is 3.73. The molecule has 5 heteroatoms. The van der Waals surface area contributed by atoms with Crippen LogP contribution >= 0.6 is 11.3 Å². The number of nitrogens with zero attached hydrogens (tertiary/aromatic N) is 3. The van der Waals surface area contributed by atoms with Crippen LogP contribution < -0.4 is 5.43 Å². The second kappa shape index (κ2) is 8.03. The molecule has 0 radical (unpaired) electrons. The lowest BCUT2D eigenvalue weighted by atomic mass is 10.0. The highest BCUT2D eigenvalue weighted by Gasteiger charge is 2.14. The summed E-state index contributed by atoms with van der Waals surface area (Å²) in [5.41, 5.74) is 8.82. The van der Waals surface area contributed by atoms with Crippen LogP contribution in [0.2, 0.25) is 0 Å². The number of anilines is 1. The van der Waals surface area contributed by atoms with Crippen molar-refractivity contribution in [3.05, 3.63) is 64.3 Å². The molecule has 2 aromatic heterocycles. The molecule has 0 spiro atoms. The van der Waals surface area contributed by atoms with Crippen LogP contribution in [0, 0.1) is 13.8 Å². The van der Waals surface area contributed by atoms with Gasteiger partial charge >= 0.3 is 0 Å². The molecule has 0 unspecified atom stereocenters. The number of hydrazone groups is 1. The fraction of sp³-hybridized carbons (Fsp3) is 0.250.